The summed E-state index contributed by atoms with van der Waals surface area (Å²) in [5.41, 5.74) is 2.51. The molecule has 0 amide bonds. The molecule has 0 heterocycles. The fraction of sp³-hybridized carbons (Fsp3) is 0.862. The Morgan fingerprint density at radius 2 is 1.80 bits per heavy atom. The van der Waals surface area contributed by atoms with Crippen molar-refractivity contribution in [3.05, 3.63) is 23.8 Å². The minimum absolute atomic E-state index is 0.0870. The van der Waals surface area contributed by atoms with Gasteiger partial charge in [0.1, 0.15) is 0 Å². The van der Waals surface area contributed by atoms with Crippen LogP contribution in [0.4, 0.5) is 0 Å². The van der Waals surface area contributed by atoms with E-state index in [9.17, 15) is 5.11 Å². The van der Waals surface area contributed by atoms with E-state index in [4.69, 9.17) is 0 Å². The van der Waals surface area contributed by atoms with E-state index >= 15 is 0 Å². The van der Waals surface area contributed by atoms with Crippen LogP contribution in [0.25, 0.3) is 0 Å². The summed E-state index contributed by atoms with van der Waals surface area (Å²) in [4.78, 5) is 0. The van der Waals surface area contributed by atoms with Crippen LogP contribution >= 0.6 is 0 Å². The number of hydrogen-bond donors (Lipinski definition) is 1. The highest BCUT2D eigenvalue weighted by molar-refractivity contribution is 5.25. The first-order valence-corrected chi connectivity index (χ1v) is 13.3. The molecule has 4 aliphatic carbocycles. The molecular formula is C29H48O. The van der Waals surface area contributed by atoms with Gasteiger partial charge in [-0.3, -0.25) is 0 Å². The maximum absolute atomic E-state index is 10.2. The SMILES string of the molecule is CC[C@H](/C=C/[C@@H](C)[C@H]1CC[C@@H]2[C@H]3CC=C4C[C@@H](O)CC[C@]4(C)[C@@H]3CC[C@@]21C)C(C)C. The quantitative estimate of drug-likeness (QED) is 0.457. The first-order valence-electron chi connectivity index (χ1n) is 13.3. The van der Waals surface area contributed by atoms with Crippen molar-refractivity contribution in [2.24, 2.45) is 52.3 Å². The van der Waals surface area contributed by atoms with Gasteiger partial charge < -0.3 is 5.11 Å². The van der Waals surface area contributed by atoms with E-state index in [0.717, 1.165) is 48.3 Å². The van der Waals surface area contributed by atoms with Crippen molar-refractivity contribution >= 4 is 0 Å². The lowest BCUT2D eigenvalue weighted by molar-refractivity contribution is -0.0540. The van der Waals surface area contributed by atoms with E-state index in [0.29, 0.717) is 16.7 Å². The second-order valence-electron chi connectivity index (χ2n) is 12.4. The smallest absolute Gasteiger partial charge is 0.0577 e. The lowest BCUT2D eigenvalue weighted by Gasteiger charge is -2.58. The molecule has 0 aliphatic heterocycles. The van der Waals surface area contributed by atoms with Crippen LogP contribution in [0.3, 0.4) is 0 Å². The van der Waals surface area contributed by atoms with Gasteiger partial charge in [-0.05, 0) is 110 Å². The summed E-state index contributed by atoms with van der Waals surface area (Å²) in [6.45, 7) is 14.8. The molecule has 30 heavy (non-hydrogen) atoms. The lowest BCUT2D eigenvalue weighted by atomic mass is 9.47. The molecule has 0 bridgehead atoms. The molecule has 0 aromatic carbocycles. The van der Waals surface area contributed by atoms with Crippen LogP contribution in [0.5, 0.6) is 0 Å². The van der Waals surface area contributed by atoms with Crippen molar-refractivity contribution in [2.45, 2.75) is 105 Å². The van der Waals surface area contributed by atoms with Gasteiger partial charge in [-0.1, -0.05) is 65.3 Å². The lowest BCUT2D eigenvalue weighted by Crippen LogP contribution is -2.50. The molecule has 0 saturated heterocycles. The van der Waals surface area contributed by atoms with Crippen molar-refractivity contribution in [2.75, 3.05) is 0 Å². The molecule has 0 unspecified atom stereocenters. The minimum Gasteiger partial charge on any atom is -0.393 e. The van der Waals surface area contributed by atoms with E-state index in [-0.39, 0.29) is 6.10 Å². The van der Waals surface area contributed by atoms with Gasteiger partial charge in [0.25, 0.3) is 0 Å². The first-order chi connectivity index (χ1) is 14.2. The van der Waals surface area contributed by atoms with Crippen LogP contribution < -0.4 is 0 Å². The number of allylic oxidation sites excluding steroid dienone is 3. The third-order valence-electron chi connectivity index (χ3n) is 10.8. The molecule has 0 aromatic rings. The maximum atomic E-state index is 10.2. The molecule has 1 N–H and O–H groups in total. The number of hydrogen-bond acceptors (Lipinski definition) is 1. The van der Waals surface area contributed by atoms with E-state index in [1.54, 1.807) is 5.57 Å². The molecule has 4 aliphatic rings. The number of rotatable bonds is 5. The Hall–Kier alpha value is -0.560. The summed E-state index contributed by atoms with van der Waals surface area (Å²) in [6, 6.07) is 0. The standard InChI is InChI=1S/C29H48O/c1-7-21(19(2)3)9-8-20(4)25-12-13-26-24-11-10-22-18-23(30)14-16-28(22,5)27(24)15-17-29(25,26)6/h8-10,19-21,23-27,30H,7,11-18H2,1-6H3/b9-8+/t20-,21-,23+,24-,25-,26-,27-,28+,29-/m1/s1. The van der Waals surface area contributed by atoms with Gasteiger partial charge in [-0.2, -0.15) is 0 Å². The molecule has 9 atom stereocenters. The molecule has 3 saturated carbocycles. The maximum Gasteiger partial charge on any atom is 0.0577 e. The van der Waals surface area contributed by atoms with Gasteiger partial charge in [0, 0.05) is 0 Å². The Morgan fingerprint density at radius 3 is 2.50 bits per heavy atom. The van der Waals surface area contributed by atoms with E-state index in [2.05, 4.69) is 59.8 Å². The van der Waals surface area contributed by atoms with E-state index in [1.165, 1.54) is 44.9 Å². The third-order valence-corrected chi connectivity index (χ3v) is 10.8. The highest BCUT2D eigenvalue weighted by atomic mass is 16.3. The van der Waals surface area contributed by atoms with Crippen molar-refractivity contribution in [3.63, 3.8) is 0 Å². The summed E-state index contributed by atoms with van der Waals surface area (Å²) in [5.74, 6) is 5.70. The molecule has 1 heteroatoms. The molecular weight excluding hydrogens is 364 g/mol. The number of aliphatic hydroxyl groups is 1. The Kier molecular flexibility index (Phi) is 6.35. The molecule has 3 fully saturated rings. The summed E-state index contributed by atoms with van der Waals surface area (Å²) in [5, 5.41) is 10.2. The summed E-state index contributed by atoms with van der Waals surface area (Å²) >= 11 is 0. The van der Waals surface area contributed by atoms with Gasteiger partial charge in [0.2, 0.25) is 0 Å². The van der Waals surface area contributed by atoms with Gasteiger partial charge >= 0.3 is 0 Å². The molecule has 0 aromatic heterocycles. The van der Waals surface area contributed by atoms with Crippen molar-refractivity contribution in [1.29, 1.82) is 0 Å². The zero-order valence-electron chi connectivity index (χ0n) is 20.7. The van der Waals surface area contributed by atoms with Crippen LogP contribution in [-0.2, 0) is 0 Å². The van der Waals surface area contributed by atoms with Crippen LogP contribution in [0.15, 0.2) is 23.8 Å². The van der Waals surface area contributed by atoms with Crippen molar-refractivity contribution < 1.29 is 5.11 Å². The van der Waals surface area contributed by atoms with Gasteiger partial charge in [-0.15, -0.1) is 0 Å². The zero-order chi connectivity index (χ0) is 21.7. The molecule has 170 valence electrons. The summed E-state index contributed by atoms with van der Waals surface area (Å²) in [6.07, 6.45) is 19.1. The first kappa shape index (κ1) is 22.6. The van der Waals surface area contributed by atoms with Crippen LogP contribution in [-0.4, -0.2) is 11.2 Å². The number of fused-ring (bicyclic) bond motifs is 5. The Labute approximate surface area is 186 Å². The molecule has 1 nitrogen and oxygen atoms in total. The Morgan fingerprint density at radius 1 is 1.03 bits per heavy atom. The summed E-state index contributed by atoms with van der Waals surface area (Å²) < 4.78 is 0. The second kappa shape index (κ2) is 8.42. The highest BCUT2D eigenvalue weighted by Gasteiger charge is 2.58. The Bertz CT molecular complexity index is 674. The van der Waals surface area contributed by atoms with Crippen LogP contribution in [0.2, 0.25) is 0 Å². The van der Waals surface area contributed by atoms with E-state index in [1.807, 2.05) is 0 Å². The average Bonchev–Trinajstić information content (AvgIpc) is 3.06. The summed E-state index contributed by atoms with van der Waals surface area (Å²) in [7, 11) is 0. The molecule has 4 rings (SSSR count). The normalized spacial score (nSPS) is 45.6. The molecule has 0 radical (unpaired) electrons. The predicted molar refractivity (Wildman–Crippen MR) is 128 cm³/mol. The van der Waals surface area contributed by atoms with Gasteiger partial charge in [0.15, 0.2) is 0 Å². The van der Waals surface area contributed by atoms with Crippen LogP contribution in [0.1, 0.15) is 99.3 Å². The second-order valence-corrected chi connectivity index (χ2v) is 12.4. The fourth-order valence-corrected chi connectivity index (χ4v) is 8.83. The van der Waals surface area contributed by atoms with Gasteiger partial charge in [0.05, 0.1) is 6.10 Å². The number of aliphatic hydroxyl groups excluding tert-OH is 1. The minimum atomic E-state index is -0.0870. The monoisotopic (exact) mass is 412 g/mol. The highest BCUT2D eigenvalue weighted by Crippen LogP contribution is 2.67. The Balaban J connectivity index is 1.52. The predicted octanol–water partition coefficient (Wildman–Crippen LogP) is 7.80. The van der Waals surface area contributed by atoms with E-state index < -0.39 is 0 Å². The van der Waals surface area contributed by atoms with Crippen molar-refractivity contribution in [3.8, 4) is 0 Å². The third kappa shape index (κ3) is 3.66. The topological polar surface area (TPSA) is 20.2 Å². The molecule has 0 spiro atoms. The fourth-order valence-electron chi connectivity index (χ4n) is 8.83. The van der Waals surface area contributed by atoms with Crippen molar-refractivity contribution in [1.82, 2.24) is 0 Å². The van der Waals surface area contributed by atoms with Crippen LogP contribution in [0, 0.1) is 52.3 Å². The zero-order valence-corrected chi connectivity index (χ0v) is 20.7. The average molecular weight is 413 g/mol. The largest absolute Gasteiger partial charge is 0.393 e. The van der Waals surface area contributed by atoms with Gasteiger partial charge in [-0.25, -0.2) is 0 Å².